The van der Waals surface area contributed by atoms with Crippen molar-refractivity contribution < 1.29 is 4.79 Å². The Labute approximate surface area is 123 Å². The van der Waals surface area contributed by atoms with Gasteiger partial charge >= 0.3 is 0 Å². The summed E-state index contributed by atoms with van der Waals surface area (Å²) in [7, 11) is 0. The molecule has 2 saturated heterocycles. The molecule has 0 aromatic rings. The zero-order valence-corrected chi connectivity index (χ0v) is 13.0. The van der Waals surface area contributed by atoms with Gasteiger partial charge in [0, 0.05) is 37.6 Å². The van der Waals surface area contributed by atoms with Gasteiger partial charge in [-0.25, -0.2) is 0 Å². The third-order valence-corrected chi connectivity index (χ3v) is 4.22. The molecule has 0 saturated carbocycles. The van der Waals surface area contributed by atoms with Crippen molar-refractivity contribution in [1.29, 1.82) is 0 Å². The summed E-state index contributed by atoms with van der Waals surface area (Å²) < 4.78 is 0. The smallest absolute Gasteiger partial charge is 0.221 e. The zero-order valence-electron chi connectivity index (χ0n) is 12.2. The van der Waals surface area contributed by atoms with E-state index in [4.69, 9.17) is 0 Å². The predicted octanol–water partition coefficient (Wildman–Crippen LogP) is 1.54. The number of nitrogens with one attached hydrogen (secondary N) is 2. The Bertz CT molecular complexity index is 272. The molecular weight excluding hydrogens is 262 g/mol. The average molecular weight is 290 g/mol. The number of carbonyl (C=O) groups is 1. The van der Waals surface area contributed by atoms with E-state index in [1.54, 1.807) is 0 Å². The maximum absolute atomic E-state index is 11.9. The lowest BCUT2D eigenvalue weighted by molar-refractivity contribution is -0.122. The number of likely N-dealkylation sites (tertiary alicyclic amines) is 1. The van der Waals surface area contributed by atoms with E-state index >= 15 is 0 Å². The molecule has 2 rings (SSSR count). The minimum Gasteiger partial charge on any atom is -0.353 e. The van der Waals surface area contributed by atoms with Crippen molar-refractivity contribution in [3.05, 3.63) is 0 Å². The van der Waals surface area contributed by atoms with E-state index in [0.29, 0.717) is 24.5 Å². The molecule has 2 aliphatic rings. The lowest BCUT2D eigenvalue weighted by Crippen LogP contribution is -2.47. The first-order chi connectivity index (χ1) is 8.65. The molecule has 2 aliphatic heterocycles. The van der Waals surface area contributed by atoms with E-state index in [0.717, 1.165) is 38.9 Å². The van der Waals surface area contributed by atoms with Crippen LogP contribution in [0.1, 0.15) is 46.0 Å². The highest BCUT2D eigenvalue weighted by atomic mass is 35.5. The summed E-state index contributed by atoms with van der Waals surface area (Å²) in [6, 6.07) is 1.44. The van der Waals surface area contributed by atoms with Gasteiger partial charge in [0.05, 0.1) is 0 Å². The fourth-order valence-corrected chi connectivity index (χ4v) is 3.00. The van der Waals surface area contributed by atoms with Crippen LogP contribution in [-0.4, -0.2) is 48.6 Å². The number of hydrogen-bond acceptors (Lipinski definition) is 3. The third kappa shape index (κ3) is 5.28. The lowest BCUT2D eigenvalue weighted by atomic mass is 10.0. The summed E-state index contributed by atoms with van der Waals surface area (Å²) in [5.74, 6) is 0.234. The van der Waals surface area contributed by atoms with Gasteiger partial charge in [-0.2, -0.15) is 0 Å². The standard InChI is InChI=1S/C14H27N3O.ClH/c1-11(2)17-8-5-12(6-9-17)16-14(18)10-13-4-3-7-15-13;/h11-13,15H,3-10H2,1-2H3,(H,16,18);1H. The van der Waals surface area contributed by atoms with Crippen molar-refractivity contribution in [2.45, 2.75) is 64.1 Å². The van der Waals surface area contributed by atoms with E-state index < -0.39 is 0 Å². The van der Waals surface area contributed by atoms with Crippen molar-refractivity contribution >= 4 is 18.3 Å². The van der Waals surface area contributed by atoms with Crippen LogP contribution in [0.2, 0.25) is 0 Å². The Morgan fingerprint density at radius 3 is 2.53 bits per heavy atom. The minimum atomic E-state index is 0. The van der Waals surface area contributed by atoms with Gasteiger partial charge < -0.3 is 15.5 Å². The van der Waals surface area contributed by atoms with Gasteiger partial charge in [-0.3, -0.25) is 4.79 Å². The molecule has 0 spiro atoms. The number of rotatable bonds is 4. The molecule has 2 fully saturated rings. The monoisotopic (exact) mass is 289 g/mol. The summed E-state index contributed by atoms with van der Waals surface area (Å²) >= 11 is 0. The Kier molecular flexibility index (Phi) is 7.11. The molecule has 0 bridgehead atoms. The van der Waals surface area contributed by atoms with Crippen LogP contribution in [0.3, 0.4) is 0 Å². The highest BCUT2D eigenvalue weighted by molar-refractivity contribution is 5.85. The summed E-state index contributed by atoms with van der Waals surface area (Å²) in [6.45, 7) is 7.79. The van der Waals surface area contributed by atoms with E-state index in [1.165, 1.54) is 6.42 Å². The molecule has 4 nitrogen and oxygen atoms in total. The van der Waals surface area contributed by atoms with Crippen molar-refractivity contribution in [2.24, 2.45) is 0 Å². The van der Waals surface area contributed by atoms with Gasteiger partial charge in [0.15, 0.2) is 0 Å². The molecule has 19 heavy (non-hydrogen) atoms. The Morgan fingerprint density at radius 2 is 2.00 bits per heavy atom. The van der Waals surface area contributed by atoms with Crippen LogP contribution in [0.5, 0.6) is 0 Å². The van der Waals surface area contributed by atoms with Crippen LogP contribution in [0.15, 0.2) is 0 Å². The van der Waals surface area contributed by atoms with Gasteiger partial charge in [0.1, 0.15) is 0 Å². The van der Waals surface area contributed by atoms with Crippen LogP contribution < -0.4 is 10.6 Å². The van der Waals surface area contributed by atoms with Gasteiger partial charge in [0.2, 0.25) is 5.91 Å². The molecule has 2 heterocycles. The quantitative estimate of drug-likeness (QED) is 0.825. The number of nitrogens with zero attached hydrogens (tertiary/aromatic N) is 1. The number of carbonyl (C=O) groups excluding carboxylic acids is 1. The highest BCUT2D eigenvalue weighted by Gasteiger charge is 2.23. The van der Waals surface area contributed by atoms with Gasteiger partial charge in [-0.15, -0.1) is 12.4 Å². The van der Waals surface area contributed by atoms with E-state index in [2.05, 4.69) is 29.4 Å². The van der Waals surface area contributed by atoms with Crippen molar-refractivity contribution in [3.8, 4) is 0 Å². The summed E-state index contributed by atoms with van der Waals surface area (Å²) in [5.41, 5.74) is 0. The number of halogens is 1. The second-order valence-electron chi connectivity index (χ2n) is 5.97. The number of amides is 1. The van der Waals surface area contributed by atoms with E-state index in [-0.39, 0.29) is 18.3 Å². The van der Waals surface area contributed by atoms with Crippen molar-refractivity contribution in [1.82, 2.24) is 15.5 Å². The maximum atomic E-state index is 11.9. The topological polar surface area (TPSA) is 44.4 Å². The Morgan fingerprint density at radius 1 is 1.32 bits per heavy atom. The number of piperidine rings is 1. The fourth-order valence-electron chi connectivity index (χ4n) is 3.00. The molecule has 1 atom stereocenters. The second kappa shape index (κ2) is 8.08. The summed E-state index contributed by atoms with van der Waals surface area (Å²) in [6.07, 6.45) is 5.22. The number of hydrogen-bond donors (Lipinski definition) is 2. The van der Waals surface area contributed by atoms with Crippen LogP contribution >= 0.6 is 12.4 Å². The lowest BCUT2D eigenvalue weighted by Gasteiger charge is -2.35. The normalized spacial score (nSPS) is 25.3. The molecule has 0 aromatic heterocycles. The van der Waals surface area contributed by atoms with Crippen LogP contribution in [0, 0.1) is 0 Å². The maximum Gasteiger partial charge on any atom is 0.221 e. The minimum absolute atomic E-state index is 0. The fraction of sp³-hybridized carbons (Fsp3) is 0.929. The first kappa shape index (κ1) is 16.7. The van der Waals surface area contributed by atoms with Gasteiger partial charge in [0.25, 0.3) is 0 Å². The average Bonchev–Trinajstić information content (AvgIpc) is 2.82. The molecule has 1 amide bonds. The molecule has 0 radical (unpaired) electrons. The summed E-state index contributed by atoms with van der Waals surface area (Å²) in [5, 5.41) is 6.58. The van der Waals surface area contributed by atoms with Crippen LogP contribution in [0.25, 0.3) is 0 Å². The molecule has 5 heteroatoms. The van der Waals surface area contributed by atoms with E-state index in [1.807, 2.05) is 0 Å². The highest BCUT2D eigenvalue weighted by Crippen LogP contribution is 2.14. The first-order valence-corrected chi connectivity index (χ1v) is 7.42. The molecule has 1 unspecified atom stereocenters. The van der Waals surface area contributed by atoms with E-state index in [9.17, 15) is 4.79 Å². The second-order valence-corrected chi connectivity index (χ2v) is 5.97. The van der Waals surface area contributed by atoms with Crippen LogP contribution in [-0.2, 0) is 4.79 Å². The molecule has 2 N–H and O–H groups in total. The Hall–Kier alpha value is -0.320. The SMILES string of the molecule is CC(C)N1CCC(NC(=O)CC2CCCN2)CC1.Cl. The van der Waals surface area contributed by atoms with Crippen molar-refractivity contribution in [3.63, 3.8) is 0 Å². The summed E-state index contributed by atoms with van der Waals surface area (Å²) in [4.78, 5) is 14.4. The largest absolute Gasteiger partial charge is 0.353 e. The molecule has 0 aromatic carbocycles. The molecule has 0 aliphatic carbocycles. The Balaban J connectivity index is 0.00000180. The van der Waals surface area contributed by atoms with Crippen molar-refractivity contribution in [2.75, 3.05) is 19.6 Å². The first-order valence-electron chi connectivity index (χ1n) is 7.42. The predicted molar refractivity (Wildman–Crippen MR) is 80.8 cm³/mol. The van der Waals surface area contributed by atoms with Crippen LogP contribution in [0.4, 0.5) is 0 Å². The van der Waals surface area contributed by atoms with Gasteiger partial charge in [-0.1, -0.05) is 0 Å². The zero-order chi connectivity index (χ0) is 13.0. The third-order valence-electron chi connectivity index (χ3n) is 4.22. The molecular formula is C14H28ClN3O. The molecule has 112 valence electrons. The van der Waals surface area contributed by atoms with Gasteiger partial charge in [-0.05, 0) is 46.1 Å².